The van der Waals surface area contributed by atoms with Crippen LogP contribution in [0.25, 0.3) is 0 Å². The molecule has 2 atom stereocenters. The molecule has 1 heterocycles. The van der Waals surface area contributed by atoms with Gasteiger partial charge in [0.2, 0.25) is 15.9 Å². The summed E-state index contributed by atoms with van der Waals surface area (Å²) in [4.78, 5) is 12.2. The molecule has 2 aromatic rings. The van der Waals surface area contributed by atoms with Gasteiger partial charge >= 0.3 is 0 Å². The van der Waals surface area contributed by atoms with Crippen LogP contribution >= 0.6 is 0 Å². The summed E-state index contributed by atoms with van der Waals surface area (Å²) < 4.78 is 33.4. The molecule has 0 saturated carbocycles. The molecular formula is C22H28N2O4S. The molecule has 29 heavy (non-hydrogen) atoms. The van der Waals surface area contributed by atoms with Gasteiger partial charge < -0.3 is 10.1 Å². The van der Waals surface area contributed by atoms with Gasteiger partial charge in [0, 0.05) is 25.6 Å². The zero-order chi connectivity index (χ0) is 20.7. The number of benzene rings is 2. The highest BCUT2D eigenvalue weighted by molar-refractivity contribution is 7.89. The molecule has 1 amide bonds. The zero-order valence-corrected chi connectivity index (χ0v) is 17.5. The van der Waals surface area contributed by atoms with Crippen molar-refractivity contribution >= 4 is 15.9 Å². The normalized spacial score (nSPS) is 17.8. The van der Waals surface area contributed by atoms with Crippen molar-refractivity contribution in [3.8, 4) is 0 Å². The average Bonchev–Trinajstić information content (AvgIpc) is 3.25. The molecular weight excluding hydrogens is 388 g/mol. The van der Waals surface area contributed by atoms with Crippen molar-refractivity contribution < 1.29 is 17.9 Å². The van der Waals surface area contributed by atoms with Crippen molar-refractivity contribution in [1.29, 1.82) is 0 Å². The third kappa shape index (κ3) is 6.39. The standard InChI is InChI=1S/C22H28N2O4S/c1-17(19-6-3-2-4-7-19)24-29(26,27)21-12-9-18(10-13-21)11-14-22(25)23-16-20-8-5-15-28-20/h2-4,6-7,9-10,12-13,17,20,24H,5,8,11,14-16H2,1H3,(H,23,25)/t17-,20+/m0/s1. The van der Waals surface area contributed by atoms with E-state index in [9.17, 15) is 13.2 Å². The third-order valence-electron chi connectivity index (χ3n) is 5.06. The van der Waals surface area contributed by atoms with Gasteiger partial charge in [-0.1, -0.05) is 42.5 Å². The molecule has 0 bridgehead atoms. The molecule has 2 N–H and O–H groups in total. The summed E-state index contributed by atoms with van der Waals surface area (Å²) in [6, 6.07) is 15.8. The summed E-state index contributed by atoms with van der Waals surface area (Å²) in [7, 11) is -3.62. The van der Waals surface area contributed by atoms with Crippen molar-refractivity contribution in [1.82, 2.24) is 10.0 Å². The van der Waals surface area contributed by atoms with E-state index in [1.165, 1.54) is 0 Å². The first-order valence-electron chi connectivity index (χ1n) is 9.98. The zero-order valence-electron chi connectivity index (χ0n) is 16.6. The largest absolute Gasteiger partial charge is 0.376 e. The molecule has 0 radical (unpaired) electrons. The first-order valence-corrected chi connectivity index (χ1v) is 11.5. The van der Waals surface area contributed by atoms with Crippen LogP contribution < -0.4 is 10.0 Å². The second-order valence-electron chi connectivity index (χ2n) is 7.34. The molecule has 1 aliphatic rings. The Labute approximate surface area is 172 Å². The first-order chi connectivity index (χ1) is 13.9. The van der Waals surface area contributed by atoms with Gasteiger partial charge in [0.1, 0.15) is 0 Å². The lowest BCUT2D eigenvalue weighted by atomic mass is 10.1. The Hall–Kier alpha value is -2.22. The van der Waals surface area contributed by atoms with Gasteiger partial charge in [-0.25, -0.2) is 13.1 Å². The molecule has 0 unspecified atom stereocenters. The minimum atomic E-state index is -3.62. The van der Waals surface area contributed by atoms with Crippen LogP contribution in [0.5, 0.6) is 0 Å². The van der Waals surface area contributed by atoms with E-state index >= 15 is 0 Å². The molecule has 2 aromatic carbocycles. The third-order valence-corrected chi connectivity index (χ3v) is 6.61. The average molecular weight is 417 g/mol. The molecule has 0 aliphatic carbocycles. The maximum absolute atomic E-state index is 12.6. The number of rotatable bonds is 9. The van der Waals surface area contributed by atoms with E-state index in [2.05, 4.69) is 10.0 Å². The second-order valence-corrected chi connectivity index (χ2v) is 9.05. The van der Waals surface area contributed by atoms with Crippen molar-refractivity contribution in [3.63, 3.8) is 0 Å². The van der Waals surface area contributed by atoms with E-state index in [1.807, 2.05) is 37.3 Å². The van der Waals surface area contributed by atoms with Crippen LogP contribution in [0.2, 0.25) is 0 Å². The molecule has 6 nitrogen and oxygen atoms in total. The number of ether oxygens (including phenoxy) is 1. The van der Waals surface area contributed by atoms with Crippen molar-refractivity contribution in [2.75, 3.05) is 13.2 Å². The summed E-state index contributed by atoms with van der Waals surface area (Å²) >= 11 is 0. The number of aryl methyl sites for hydroxylation is 1. The van der Waals surface area contributed by atoms with Crippen LogP contribution in [0.3, 0.4) is 0 Å². The number of hydrogen-bond acceptors (Lipinski definition) is 4. The molecule has 1 saturated heterocycles. The van der Waals surface area contributed by atoms with Gasteiger partial charge in [0.05, 0.1) is 11.0 Å². The van der Waals surface area contributed by atoms with Gasteiger partial charge in [-0.05, 0) is 49.4 Å². The van der Waals surface area contributed by atoms with E-state index in [0.29, 0.717) is 19.4 Å². The van der Waals surface area contributed by atoms with E-state index in [1.54, 1.807) is 24.3 Å². The van der Waals surface area contributed by atoms with E-state index in [4.69, 9.17) is 4.74 Å². The predicted octanol–water partition coefficient (Wildman–Crippen LogP) is 2.95. The highest BCUT2D eigenvalue weighted by Crippen LogP contribution is 2.18. The van der Waals surface area contributed by atoms with Crippen molar-refractivity contribution in [3.05, 3.63) is 65.7 Å². The number of amides is 1. The topological polar surface area (TPSA) is 84.5 Å². The molecule has 1 aliphatic heterocycles. The van der Waals surface area contributed by atoms with E-state index < -0.39 is 10.0 Å². The smallest absolute Gasteiger partial charge is 0.241 e. The fourth-order valence-electron chi connectivity index (χ4n) is 3.33. The Balaban J connectivity index is 1.50. The highest BCUT2D eigenvalue weighted by Gasteiger charge is 2.19. The minimum absolute atomic E-state index is 0.0180. The lowest BCUT2D eigenvalue weighted by Crippen LogP contribution is -2.31. The van der Waals surface area contributed by atoms with E-state index in [0.717, 1.165) is 30.6 Å². The Morgan fingerprint density at radius 3 is 2.52 bits per heavy atom. The number of sulfonamides is 1. The lowest BCUT2D eigenvalue weighted by Gasteiger charge is -2.15. The van der Waals surface area contributed by atoms with Crippen LogP contribution in [-0.4, -0.2) is 33.6 Å². The van der Waals surface area contributed by atoms with Crippen LogP contribution in [0, 0.1) is 0 Å². The lowest BCUT2D eigenvalue weighted by molar-refractivity contribution is -0.121. The second kappa shape index (κ2) is 10.0. The maximum atomic E-state index is 12.6. The Morgan fingerprint density at radius 2 is 1.86 bits per heavy atom. The van der Waals surface area contributed by atoms with Gasteiger partial charge in [-0.2, -0.15) is 0 Å². The number of hydrogen-bond donors (Lipinski definition) is 2. The Kier molecular flexibility index (Phi) is 7.41. The molecule has 0 spiro atoms. The molecule has 7 heteroatoms. The van der Waals surface area contributed by atoms with Crippen LogP contribution in [0.1, 0.15) is 43.4 Å². The summed E-state index contributed by atoms with van der Waals surface area (Å²) in [6.45, 7) is 3.15. The quantitative estimate of drug-likeness (QED) is 0.658. The van der Waals surface area contributed by atoms with Gasteiger partial charge in [-0.15, -0.1) is 0 Å². The SMILES string of the molecule is C[C@H](NS(=O)(=O)c1ccc(CCC(=O)NC[C@H]2CCCO2)cc1)c1ccccc1. The summed E-state index contributed by atoms with van der Waals surface area (Å²) in [5, 5.41) is 2.90. The molecule has 0 aromatic heterocycles. The fraction of sp³-hybridized carbons (Fsp3) is 0.409. The highest BCUT2D eigenvalue weighted by atomic mass is 32.2. The molecule has 156 valence electrons. The van der Waals surface area contributed by atoms with Crippen molar-refractivity contribution in [2.45, 2.75) is 49.6 Å². The summed E-state index contributed by atoms with van der Waals surface area (Å²) in [6.07, 6.45) is 3.10. The Bertz CT molecular complexity index is 892. The number of nitrogens with one attached hydrogen (secondary N) is 2. The van der Waals surface area contributed by atoms with E-state index in [-0.39, 0.29) is 22.9 Å². The first kappa shape index (κ1) is 21.5. The number of carbonyl (C=O) groups excluding carboxylic acids is 1. The molecule has 1 fully saturated rings. The van der Waals surface area contributed by atoms with Gasteiger partial charge in [0.25, 0.3) is 0 Å². The fourth-order valence-corrected chi connectivity index (χ4v) is 4.56. The van der Waals surface area contributed by atoms with Gasteiger partial charge in [0.15, 0.2) is 0 Å². The summed E-state index contributed by atoms with van der Waals surface area (Å²) in [5.74, 6) is -0.0180. The van der Waals surface area contributed by atoms with Gasteiger partial charge in [-0.3, -0.25) is 4.79 Å². The predicted molar refractivity (Wildman–Crippen MR) is 112 cm³/mol. The van der Waals surface area contributed by atoms with Crippen LogP contribution in [0.15, 0.2) is 59.5 Å². The number of carbonyl (C=O) groups is 1. The monoisotopic (exact) mass is 416 g/mol. The van der Waals surface area contributed by atoms with Crippen LogP contribution in [-0.2, 0) is 26.0 Å². The maximum Gasteiger partial charge on any atom is 0.241 e. The Morgan fingerprint density at radius 1 is 1.14 bits per heavy atom. The summed E-state index contributed by atoms with van der Waals surface area (Å²) in [5.41, 5.74) is 1.83. The van der Waals surface area contributed by atoms with Crippen LogP contribution in [0.4, 0.5) is 0 Å². The van der Waals surface area contributed by atoms with Crippen molar-refractivity contribution in [2.24, 2.45) is 0 Å². The molecule has 3 rings (SSSR count). The minimum Gasteiger partial charge on any atom is -0.376 e.